The van der Waals surface area contributed by atoms with Gasteiger partial charge in [-0.15, -0.1) is 0 Å². The summed E-state index contributed by atoms with van der Waals surface area (Å²) in [6.45, 7) is 3.56. The van der Waals surface area contributed by atoms with E-state index in [-0.39, 0.29) is 12.5 Å². The first kappa shape index (κ1) is 14.9. The van der Waals surface area contributed by atoms with Crippen LogP contribution in [0.2, 0.25) is 0 Å². The Morgan fingerprint density at radius 3 is 2.80 bits per heavy atom. The van der Waals surface area contributed by atoms with E-state index in [2.05, 4.69) is 29.6 Å². The van der Waals surface area contributed by atoms with Gasteiger partial charge in [-0.2, -0.15) is 0 Å². The molecule has 0 atom stereocenters. The van der Waals surface area contributed by atoms with E-state index in [1.165, 1.54) is 5.56 Å². The number of piperidine rings is 1. The van der Waals surface area contributed by atoms with Crippen LogP contribution in [0.25, 0.3) is 0 Å². The highest BCUT2D eigenvalue weighted by molar-refractivity contribution is 5.73. The van der Waals surface area contributed by atoms with Crippen LogP contribution in [0.5, 0.6) is 0 Å². The molecule has 1 aliphatic rings. The standard InChI is InChI=1S/C16H24N2O2/c1-13(20)18-9-7-15(8-10-18)17-16-6-2-4-14(12-16)5-3-11-19/h2,4,6,12,15,17,19H,3,5,7-11H2,1H3. The van der Waals surface area contributed by atoms with Crippen molar-refractivity contribution in [1.82, 2.24) is 4.90 Å². The van der Waals surface area contributed by atoms with Crippen LogP contribution in [0.1, 0.15) is 31.7 Å². The number of amides is 1. The predicted molar refractivity (Wildman–Crippen MR) is 80.7 cm³/mol. The molecule has 0 unspecified atom stereocenters. The molecule has 1 aromatic carbocycles. The minimum atomic E-state index is 0.175. The molecule has 1 heterocycles. The monoisotopic (exact) mass is 276 g/mol. The minimum Gasteiger partial charge on any atom is -0.396 e. The maximum absolute atomic E-state index is 11.3. The Hall–Kier alpha value is -1.55. The fourth-order valence-corrected chi connectivity index (χ4v) is 2.67. The quantitative estimate of drug-likeness (QED) is 0.865. The molecule has 1 saturated heterocycles. The number of hydrogen-bond donors (Lipinski definition) is 2. The van der Waals surface area contributed by atoms with Gasteiger partial charge in [0, 0.05) is 38.3 Å². The molecular weight excluding hydrogens is 252 g/mol. The van der Waals surface area contributed by atoms with Crippen molar-refractivity contribution in [2.45, 2.75) is 38.6 Å². The molecule has 0 bridgehead atoms. The third kappa shape index (κ3) is 4.23. The SMILES string of the molecule is CC(=O)N1CCC(Nc2cccc(CCCO)c2)CC1. The van der Waals surface area contributed by atoms with Crippen LogP contribution >= 0.6 is 0 Å². The average Bonchev–Trinajstić information content (AvgIpc) is 2.46. The highest BCUT2D eigenvalue weighted by Crippen LogP contribution is 2.18. The van der Waals surface area contributed by atoms with Gasteiger partial charge in [-0.3, -0.25) is 4.79 Å². The maximum Gasteiger partial charge on any atom is 0.219 e. The molecule has 0 aromatic heterocycles. The van der Waals surface area contributed by atoms with Gasteiger partial charge < -0.3 is 15.3 Å². The van der Waals surface area contributed by atoms with Crippen LogP contribution in [0.3, 0.4) is 0 Å². The number of aliphatic hydroxyl groups excluding tert-OH is 1. The first-order valence-corrected chi connectivity index (χ1v) is 7.41. The van der Waals surface area contributed by atoms with E-state index in [1.807, 2.05) is 4.90 Å². The summed E-state index contributed by atoms with van der Waals surface area (Å²) >= 11 is 0. The third-order valence-corrected chi connectivity index (χ3v) is 3.86. The molecule has 1 aromatic rings. The van der Waals surface area contributed by atoms with Crippen molar-refractivity contribution in [3.05, 3.63) is 29.8 Å². The molecule has 110 valence electrons. The Labute approximate surface area is 120 Å². The van der Waals surface area contributed by atoms with Crippen LogP contribution in [0.4, 0.5) is 5.69 Å². The summed E-state index contributed by atoms with van der Waals surface area (Å²) in [5, 5.41) is 12.4. The number of carbonyl (C=O) groups excluding carboxylic acids is 1. The lowest BCUT2D eigenvalue weighted by Gasteiger charge is -2.32. The predicted octanol–water partition coefficient (Wildman–Crippen LogP) is 2.03. The third-order valence-electron chi connectivity index (χ3n) is 3.86. The van der Waals surface area contributed by atoms with Crippen molar-refractivity contribution in [1.29, 1.82) is 0 Å². The molecule has 2 N–H and O–H groups in total. The summed E-state index contributed by atoms with van der Waals surface area (Å²) in [6, 6.07) is 8.84. The maximum atomic E-state index is 11.3. The molecule has 1 fully saturated rings. The van der Waals surface area contributed by atoms with Crippen molar-refractivity contribution in [3.63, 3.8) is 0 Å². The largest absolute Gasteiger partial charge is 0.396 e. The number of likely N-dealkylation sites (tertiary alicyclic amines) is 1. The number of hydrogen-bond acceptors (Lipinski definition) is 3. The minimum absolute atomic E-state index is 0.175. The highest BCUT2D eigenvalue weighted by atomic mass is 16.2. The van der Waals surface area contributed by atoms with Gasteiger partial charge in [0.25, 0.3) is 0 Å². The second kappa shape index (κ2) is 7.29. The number of nitrogens with one attached hydrogen (secondary N) is 1. The molecule has 1 aliphatic heterocycles. The molecule has 4 nitrogen and oxygen atoms in total. The molecular formula is C16H24N2O2. The summed E-state index contributed by atoms with van der Waals surface area (Å²) in [5.74, 6) is 0.175. The molecule has 0 radical (unpaired) electrons. The molecule has 1 amide bonds. The lowest BCUT2D eigenvalue weighted by Crippen LogP contribution is -2.41. The van der Waals surface area contributed by atoms with E-state index < -0.39 is 0 Å². The van der Waals surface area contributed by atoms with E-state index >= 15 is 0 Å². The van der Waals surface area contributed by atoms with Gasteiger partial charge in [-0.1, -0.05) is 12.1 Å². The van der Waals surface area contributed by atoms with Gasteiger partial charge in [0.2, 0.25) is 5.91 Å². The number of aryl methyl sites for hydroxylation is 1. The Kier molecular flexibility index (Phi) is 5.41. The number of nitrogens with zero attached hydrogens (tertiary/aromatic N) is 1. The van der Waals surface area contributed by atoms with Gasteiger partial charge in [0.15, 0.2) is 0 Å². The van der Waals surface area contributed by atoms with Gasteiger partial charge >= 0.3 is 0 Å². The number of carbonyl (C=O) groups is 1. The van der Waals surface area contributed by atoms with Gasteiger partial charge in [0.1, 0.15) is 0 Å². The van der Waals surface area contributed by atoms with E-state index in [9.17, 15) is 4.79 Å². The fraction of sp³-hybridized carbons (Fsp3) is 0.562. The first-order valence-electron chi connectivity index (χ1n) is 7.41. The number of anilines is 1. The smallest absolute Gasteiger partial charge is 0.219 e. The van der Waals surface area contributed by atoms with Gasteiger partial charge in [-0.05, 0) is 43.4 Å². The molecule has 0 aliphatic carbocycles. The zero-order valence-electron chi connectivity index (χ0n) is 12.1. The van der Waals surface area contributed by atoms with E-state index in [0.717, 1.165) is 44.5 Å². The Bertz CT molecular complexity index is 440. The van der Waals surface area contributed by atoms with Crippen molar-refractivity contribution in [2.24, 2.45) is 0 Å². The Morgan fingerprint density at radius 2 is 2.15 bits per heavy atom. The molecule has 2 rings (SSSR count). The van der Waals surface area contributed by atoms with Crippen LogP contribution in [0, 0.1) is 0 Å². The van der Waals surface area contributed by atoms with Crippen LogP contribution in [-0.2, 0) is 11.2 Å². The number of aliphatic hydroxyl groups is 1. The van der Waals surface area contributed by atoms with Crippen molar-refractivity contribution >= 4 is 11.6 Å². The molecule has 0 saturated carbocycles. The summed E-state index contributed by atoms with van der Waals surface area (Å²) in [6.07, 6.45) is 3.72. The molecule has 4 heteroatoms. The van der Waals surface area contributed by atoms with Crippen molar-refractivity contribution < 1.29 is 9.90 Å². The summed E-state index contributed by atoms with van der Waals surface area (Å²) < 4.78 is 0. The van der Waals surface area contributed by atoms with E-state index in [1.54, 1.807) is 6.92 Å². The summed E-state index contributed by atoms with van der Waals surface area (Å²) in [5.41, 5.74) is 2.40. The fourth-order valence-electron chi connectivity index (χ4n) is 2.67. The van der Waals surface area contributed by atoms with Crippen LogP contribution in [0.15, 0.2) is 24.3 Å². The zero-order valence-corrected chi connectivity index (χ0v) is 12.1. The summed E-state index contributed by atoms with van der Waals surface area (Å²) in [4.78, 5) is 13.2. The number of rotatable bonds is 5. The van der Waals surface area contributed by atoms with E-state index in [0.29, 0.717) is 6.04 Å². The van der Waals surface area contributed by atoms with Crippen LogP contribution < -0.4 is 5.32 Å². The lowest BCUT2D eigenvalue weighted by molar-refractivity contribution is -0.129. The van der Waals surface area contributed by atoms with Gasteiger partial charge in [-0.25, -0.2) is 0 Å². The molecule has 20 heavy (non-hydrogen) atoms. The van der Waals surface area contributed by atoms with Crippen molar-refractivity contribution in [2.75, 3.05) is 25.0 Å². The average molecular weight is 276 g/mol. The second-order valence-corrected chi connectivity index (χ2v) is 5.45. The zero-order chi connectivity index (χ0) is 14.4. The molecule has 0 spiro atoms. The van der Waals surface area contributed by atoms with Crippen molar-refractivity contribution in [3.8, 4) is 0 Å². The van der Waals surface area contributed by atoms with Gasteiger partial charge in [0.05, 0.1) is 0 Å². The van der Waals surface area contributed by atoms with Crippen LogP contribution in [-0.4, -0.2) is 41.7 Å². The summed E-state index contributed by atoms with van der Waals surface area (Å²) in [7, 11) is 0. The Morgan fingerprint density at radius 1 is 1.40 bits per heavy atom. The first-order chi connectivity index (χ1) is 9.69. The Balaban J connectivity index is 1.86. The number of benzene rings is 1. The second-order valence-electron chi connectivity index (χ2n) is 5.45. The normalized spacial score (nSPS) is 16.2. The topological polar surface area (TPSA) is 52.6 Å². The highest BCUT2D eigenvalue weighted by Gasteiger charge is 2.20. The van der Waals surface area contributed by atoms with E-state index in [4.69, 9.17) is 5.11 Å². The lowest BCUT2D eigenvalue weighted by atomic mass is 10.0.